The Labute approximate surface area is 150 Å². The lowest BCUT2D eigenvalue weighted by molar-refractivity contribution is -0.142. The molecule has 2 rings (SSSR count). The van der Waals surface area contributed by atoms with E-state index < -0.39 is 9.84 Å². The molecule has 2 saturated heterocycles. The van der Waals surface area contributed by atoms with Gasteiger partial charge in [0.1, 0.15) is 6.10 Å². The van der Waals surface area contributed by atoms with Crippen LogP contribution in [0, 0.1) is 0 Å². The molecule has 1 atom stereocenters. The van der Waals surface area contributed by atoms with E-state index in [0.29, 0.717) is 39.3 Å². The van der Waals surface area contributed by atoms with E-state index in [9.17, 15) is 13.2 Å². The van der Waals surface area contributed by atoms with Gasteiger partial charge < -0.3 is 19.9 Å². The maximum atomic E-state index is 12.4. The van der Waals surface area contributed by atoms with E-state index in [0.717, 1.165) is 18.8 Å². The highest BCUT2D eigenvalue weighted by Crippen LogP contribution is 2.16. The second kappa shape index (κ2) is 9.38. The van der Waals surface area contributed by atoms with Crippen LogP contribution in [-0.4, -0.2) is 93.6 Å². The molecule has 144 valence electrons. The van der Waals surface area contributed by atoms with Crippen LogP contribution in [0.25, 0.3) is 0 Å². The number of piperazine rings is 1. The molecule has 0 radical (unpaired) electrons. The quantitative estimate of drug-likeness (QED) is 0.507. The van der Waals surface area contributed by atoms with Crippen molar-refractivity contribution in [2.75, 3.05) is 57.4 Å². The second-order valence-corrected chi connectivity index (χ2v) is 8.76. The molecule has 0 spiro atoms. The van der Waals surface area contributed by atoms with Crippen LogP contribution in [-0.2, 0) is 19.4 Å². The van der Waals surface area contributed by atoms with Crippen molar-refractivity contribution < 1.29 is 17.9 Å². The molecule has 0 saturated carbocycles. The van der Waals surface area contributed by atoms with Crippen LogP contribution in [0.1, 0.15) is 26.7 Å². The molecule has 0 bridgehead atoms. The first-order valence-corrected chi connectivity index (χ1v) is 10.9. The molecule has 25 heavy (non-hydrogen) atoms. The number of nitrogens with zero attached hydrogens (tertiary/aromatic N) is 3. The standard InChI is InChI=1S/C16H30N4O4S/c1-3-17-16(18-7-13-25(22,23)4-2)20-10-8-19(9-11-20)15(21)14-6-5-12-24-14/h14H,3-13H2,1-2H3,(H,17,18). The summed E-state index contributed by atoms with van der Waals surface area (Å²) in [4.78, 5) is 20.8. The summed E-state index contributed by atoms with van der Waals surface area (Å²) in [6, 6.07) is 0. The first kappa shape index (κ1) is 20.0. The fourth-order valence-electron chi connectivity index (χ4n) is 2.98. The molecule has 2 aliphatic heterocycles. The van der Waals surface area contributed by atoms with Crippen molar-refractivity contribution in [3.63, 3.8) is 0 Å². The number of rotatable bonds is 6. The van der Waals surface area contributed by atoms with Crippen LogP contribution in [0.15, 0.2) is 4.99 Å². The van der Waals surface area contributed by atoms with Crippen LogP contribution in [0.4, 0.5) is 0 Å². The number of guanidine groups is 1. The number of carbonyl (C=O) groups excluding carboxylic acids is 1. The number of ether oxygens (including phenoxy) is 1. The van der Waals surface area contributed by atoms with Gasteiger partial charge in [-0.15, -0.1) is 0 Å². The molecule has 2 aliphatic rings. The van der Waals surface area contributed by atoms with Gasteiger partial charge in [0.2, 0.25) is 0 Å². The Bertz CT molecular complexity index is 565. The Hall–Kier alpha value is -1.35. The van der Waals surface area contributed by atoms with Gasteiger partial charge >= 0.3 is 0 Å². The topological polar surface area (TPSA) is 91.3 Å². The Balaban J connectivity index is 1.87. The first-order valence-electron chi connectivity index (χ1n) is 9.11. The van der Waals surface area contributed by atoms with Gasteiger partial charge in [-0.2, -0.15) is 0 Å². The summed E-state index contributed by atoms with van der Waals surface area (Å²) in [6.07, 6.45) is 1.50. The SMILES string of the molecule is CCNC(=NCCS(=O)(=O)CC)N1CCN(C(=O)C2CCCO2)CC1. The Morgan fingerprint density at radius 3 is 2.44 bits per heavy atom. The van der Waals surface area contributed by atoms with Crippen molar-refractivity contribution in [1.82, 2.24) is 15.1 Å². The largest absolute Gasteiger partial charge is 0.368 e. The van der Waals surface area contributed by atoms with Gasteiger partial charge in [-0.05, 0) is 19.8 Å². The smallest absolute Gasteiger partial charge is 0.251 e. The van der Waals surface area contributed by atoms with Crippen molar-refractivity contribution in [2.24, 2.45) is 4.99 Å². The second-order valence-electron chi connectivity index (χ2n) is 6.29. The van der Waals surface area contributed by atoms with Gasteiger partial charge in [0.15, 0.2) is 15.8 Å². The van der Waals surface area contributed by atoms with E-state index in [1.54, 1.807) is 6.92 Å². The number of sulfone groups is 1. The predicted octanol–water partition coefficient (Wildman–Crippen LogP) is -0.290. The number of hydrogen-bond acceptors (Lipinski definition) is 5. The van der Waals surface area contributed by atoms with Crippen molar-refractivity contribution in [1.29, 1.82) is 0 Å². The highest BCUT2D eigenvalue weighted by atomic mass is 32.2. The molecule has 0 aliphatic carbocycles. The van der Waals surface area contributed by atoms with E-state index in [1.165, 1.54) is 0 Å². The molecule has 0 aromatic rings. The van der Waals surface area contributed by atoms with Crippen LogP contribution >= 0.6 is 0 Å². The molecule has 1 N–H and O–H groups in total. The molecular weight excluding hydrogens is 344 g/mol. The number of nitrogens with one attached hydrogen (secondary N) is 1. The summed E-state index contributed by atoms with van der Waals surface area (Å²) in [5, 5.41) is 3.21. The number of aliphatic imine (C=N–C) groups is 1. The summed E-state index contributed by atoms with van der Waals surface area (Å²) in [7, 11) is -3.01. The van der Waals surface area contributed by atoms with E-state index in [-0.39, 0.29) is 30.1 Å². The van der Waals surface area contributed by atoms with Crippen LogP contribution in [0.3, 0.4) is 0 Å². The van der Waals surface area contributed by atoms with Crippen LogP contribution < -0.4 is 5.32 Å². The van der Waals surface area contributed by atoms with Crippen molar-refractivity contribution in [3.05, 3.63) is 0 Å². The Kier molecular flexibility index (Phi) is 7.49. The lowest BCUT2D eigenvalue weighted by atomic mass is 10.2. The minimum Gasteiger partial charge on any atom is -0.368 e. The molecule has 8 nitrogen and oxygen atoms in total. The average molecular weight is 375 g/mol. The highest BCUT2D eigenvalue weighted by Gasteiger charge is 2.30. The van der Waals surface area contributed by atoms with E-state index >= 15 is 0 Å². The first-order chi connectivity index (χ1) is 12.0. The molecule has 0 aromatic carbocycles. The van der Waals surface area contributed by atoms with Crippen LogP contribution in [0.2, 0.25) is 0 Å². The fourth-order valence-corrected chi connectivity index (χ4v) is 3.63. The van der Waals surface area contributed by atoms with E-state index in [4.69, 9.17) is 4.74 Å². The molecule has 2 heterocycles. The fraction of sp³-hybridized carbons (Fsp3) is 0.875. The monoisotopic (exact) mass is 374 g/mol. The Morgan fingerprint density at radius 1 is 1.20 bits per heavy atom. The van der Waals surface area contributed by atoms with Crippen LogP contribution in [0.5, 0.6) is 0 Å². The molecule has 9 heteroatoms. The molecular formula is C16H30N4O4S. The molecule has 1 amide bonds. The zero-order valence-corrected chi connectivity index (χ0v) is 16.1. The summed E-state index contributed by atoms with van der Waals surface area (Å²) >= 11 is 0. The lowest BCUT2D eigenvalue weighted by Crippen LogP contribution is -2.55. The summed E-state index contributed by atoms with van der Waals surface area (Å²) in [6.45, 7) is 7.92. The van der Waals surface area contributed by atoms with Gasteiger partial charge in [0, 0.05) is 45.1 Å². The van der Waals surface area contributed by atoms with Gasteiger partial charge in [0.05, 0.1) is 12.3 Å². The van der Waals surface area contributed by atoms with Crippen molar-refractivity contribution in [3.8, 4) is 0 Å². The van der Waals surface area contributed by atoms with Gasteiger partial charge in [-0.1, -0.05) is 6.92 Å². The van der Waals surface area contributed by atoms with E-state index in [2.05, 4.69) is 15.2 Å². The third-order valence-electron chi connectivity index (χ3n) is 4.53. The highest BCUT2D eigenvalue weighted by molar-refractivity contribution is 7.91. The maximum absolute atomic E-state index is 12.4. The third-order valence-corrected chi connectivity index (χ3v) is 6.22. The number of hydrogen-bond donors (Lipinski definition) is 1. The third kappa shape index (κ3) is 5.85. The number of carbonyl (C=O) groups is 1. The molecule has 1 unspecified atom stereocenters. The molecule has 0 aromatic heterocycles. The Morgan fingerprint density at radius 2 is 1.88 bits per heavy atom. The summed E-state index contributed by atoms with van der Waals surface area (Å²) < 4.78 is 28.7. The summed E-state index contributed by atoms with van der Waals surface area (Å²) in [5.41, 5.74) is 0. The summed E-state index contributed by atoms with van der Waals surface area (Å²) in [5.74, 6) is 1.02. The number of amides is 1. The van der Waals surface area contributed by atoms with E-state index in [1.807, 2.05) is 11.8 Å². The normalized spacial score (nSPS) is 22.3. The minimum absolute atomic E-state index is 0.0653. The van der Waals surface area contributed by atoms with Gasteiger partial charge in [-0.3, -0.25) is 9.79 Å². The predicted molar refractivity (Wildman–Crippen MR) is 97.4 cm³/mol. The zero-order chi connectivity index (χ0) is 18.3. The van der Waals surface area contributed by atoms with Gasteiger partial charge in [0.25, 0.3) is 5.91 Å². The maximum Gasteiger partial charge on any atom is 0.251 e. The van der Waals surface area contributed by atoms with Crippen molar-refractivity contribution >= 4 is 21.7 Å². The minimum atomic E-state index is -3.01. The van der Waals surface area contributed by atoms with Gasteiger partial charge in [-0.25, -0.2) is 8.42 Å². The van der Waals surface area contributed by atoms with Crippen molar-refractivity contribution in [2.45, 2.75) is 32.8 Å². The molecule has 2 fully saturated rings. The zero-order valence-electron chi connectivity index (χ0n) is 15.2. The average Bonchev–Trinajstić information content (AvgIpc) is 3.15. The lowest BCUT2D eigenvalue weighted by Gasteiger charge is -2.37.